The minimum atomic E-state index is -0.364. The molecule has 1 aliphatic rings. The van der Waals surface area contributed by atoms with Crippen LogP contribution in [0, 0.1) is 5.92 Å². The second kappa shape index (κ2) is 5.59. The highest BCUT2D eigenvalue weighted by Crippen LogP contribution is 2.15. The van der Waals surface area contributed by atoms with Gasteiger partial charge >= 0.3 is 5.97 Å². The number of hydrogen-bond donors (Lipinski definition) is 0. The molecule has 0 aromatic heterocycles. The number of aldehydes is 1. The Bertz CT molecular complexity index is 391. The van der Waals surface area contributed by atoms with Crippen molar-refractivity contribution in [3.8, 4) is 0 Å². The van der Waals surface area contributed by atoms with Crippen LogP contribution in [0.15, 0.2) is 30.3 Å². The van der Waals surface area contributed by atoms with Gasteiger partial charge in [-0.05, 0) is 25.0 Å². The van der Waals surface area contributed by atoms with E-state index < -0.39 is 0 Å². The molecule has 0 saturated carbocycles. The SMILES string of the molecule is O=C[C@H]1CCCN(OC(=O)c2ccccc2)C1. The first kappa shape index (κ1) is 11.8. The van der Waals surface area contributed by atoms with Gasteiger partial charge in [0.25, 0.3) is 0 Å². The summed E-state index contributed by atoms with van der Waals surface area (Å²) in [6.07, 6.45) is 2.69. The largest absolute Gasteiger partial charge is 0.364 e. The summed E-state index contributed by atoms with van der Waals surface area (Å²) in [5.74, 6) is -0.385. The smallest absolute Gasteiger partial charge is 0.357 e. The summed E-state index contributed by atoms with van der Waals surface area (Å²) in [5.41, 5.74) is 0.528. The molecule has 1 aliphatic heterocycles. The normalized spacial score (nSPS) is 20.8. The number of nitrogens with zero attached hydrogens (tertiary/aromatic N) is 1. The van der Waals surface area contributed by atoms with Crippen LogP contribution in [0.2, 0.25) is 0 Å². The molecule has 1 fully saturated rings. The molecular weight excluding hydrogens is 218 g/mol. The van der Waals surface area contributed by atoms with Gasteiger partial charge in [-0.3, -0.25) is 0 Å². The molecule has 4 heteroatoms. The van der Waals surface area contributed by atoms with Gasteiger partial charge in [0, 0.05) is 19.0 Å². The summed E-state index contributed by atoms with van der Waals surface area (Å²) < 4.78 is 0. The molecule has 0 spiro atoms. The lowest BCUT2D eigenvalue weighted by atomic mass is 10.0. The van der Waals surface area contributed by atoms with Crippen molar-refractivity contribution in [2.75, 3.05) is 13.1 Å². The van der Waals surface area contributed by atoms with E-state index in [0.717, 1.165) is 19.1 Å². The van der Waals surface area contributed by atoms with E-state index in [9.17, 15) is 9.59 Å². The average molecular weight is 233 g/mol. The van der Waals surface area contributed by atoms with Crippen LogP contribution >= 0.6 is 0 Å². The quantitative estimate of drug-likeness (QED) is 0.745. The van der Waals surface area contributed by atoms with Crippen molar-refractivity contribution in [2.45, 2.75) is 12.8 Å². The van der Waals surface area contributed by atoms with Gasteiger partial charge in [-0.25, -0.2) is 4.79 Å². The Morgan fingerprint density at radius 1 is 1.35 bits per heavy atom. The minimum Gasteiger partial charge on any atom is -0.364 e. The van der Waals surface area contributed by atoms with Crippen LogP contribution in [0.4, 0.5) is 0 Å². The van der Waals surface area contributed by atoms with Crippen molar-refractivity contribution in [3.05, 3.63) is 35.9 Å². The summed E-state index contributed by atoms with van der Waals surface area (Å²) in [6.45, 7) is 1.20. The van der Waals surface area contributed by atoms with Crippen molar-refractivity contribution in [1.29, 1.82) is 0 Å². The molecule has 0 radical (unpaired) electrons. The number of piperidine rings is 1. The zero-order valence-electron chi connectivity index (χ0n) is 9.54. The lowest BCUT2D eigenvalue weighted by molar-refractivity contribution is -0.138. The molecule has 1 aromatic rings. The second-order valence-electron chi connectivity index (χ2n) is 4.17. The van der Waals surface area contributed by atoms with Crippen molar-refractivity contribution in [3.63, 3.8) is 0 Å². The van der Waals surface area contributed by atoms with E-state index in [1.54, 1.807) is 29.3 Å². The van der Waals surface area contributed by atoms with E-state index in [0.29, 0.717) is 18.7 Å². The molecule has 1 atom stereocenters. The van der Waals surface area contributed by atoms with Crippen LogP contribution < -0.4 is 0 Å². The first-order valence-corrected chi connectivity index (χ1v) is 5.77. The van der Waals surface area contributed by atoms with Crippen LogP contribution in [0.1, 0.15) is 23.2 Å². The van der Waals surface area contributed by atoms with E-state index in [2.05, 4.69) is 0 Å². The molecule has 0 N–H and O–H groups in total. The van der Waals surface area contributed by atoms with E-state index in [1.807, 2.05) is 6.07 Å². The van der Waals surface area contributed by atoms with Crippen LogP contribution in [-0.4, -0.2) is 30.4 Å². The maximum Gasteiger partial charge on any atom is 0.357 e. The topological polar surface area (TPSA) is 46.6 Å². The van der Waals surface area contributed by atoms with Crippen molar-refractivity contribution < 1.29 is 14.4 Å². The summed E-state index contributed by atoms with van der Waals surface area (Å²) >= 11 is 0. The molecule has 90 valence electrons. The Kier molecular flexibility index (Phi) is 3.88. The third-order valence-electron chi connectivity index (χ3n) is 2.83. The molecule has 0 unspecified atom stereocenters. The number of hydroxylamine groups is 2. The van der Waals surface area contributed by atoms with Gasteiger partial charge < -0.3 is 9.63 Å². The van der Waals surface area contributed by atoms with Gasteiger partial charge in [0.2, 0.25) is 0 Å². The molecule has 17 heavy (non-hydrogen) atoms. The number of benzene rings is 1. The lowest BCUT2D eigenvalue weighted by Crippen LogP contribution is -2.37. The standard InChI is InChI=1S/C13H15NO3/c15-10-11-5-4-8-14(9-11)17-13(16)12-6-2-1-3-7-12/h1-3,6-7,10-11H,4-5,8-9H2/t11-/m0/s1. The first-order valence-electron chi connectivity index (χ1n) is 5.77. The summed E-state index contributed by atoms with van der Waals surface area (Å²) in [4.78, 5) is 27.7. The van der Waals surface area contributed by atoms with Gasteiger partial charge in [-0.1, -0.05) is 18.2 Å². The molecule has 0 aliphatic carbocycles. The molecule has 0 amide bonds. The lowest BCUT2D eigenvalue weighted by Gasteiger charge is -2.28. The summed E-state index contributed by atoms with van der Waals surface area (Å²) in [7, 11) is 0. The Balaban J connectivity index is 1.92. The third kappa shape index (κ3) is 3.14. The molecule has 1 heterocycles. The highest BCUT2D eigenvalue weighted by atomic mass is 16.7. The molecule has 1 saturated heterocycles. The van der Waals surface area contributed by atoms with Gasteiger partial charge in [-0.15, -0.1) is 5.06 Å². The highest BCUT2D eigenvalue weighted by Gasteiger charge is 2.22. The Morgan fingerprint density at radius 3 is 2.82 bits per heavy atom. The average Bonchev–Trinajstić information content (AvgIpc) is 2.40. The fourth-order valence-corrected chi connectivity index (χ4v) is 1.91. The maximum absolute atomic E-state index is 11.8. The fourth-order valence-electron chi connectivity index (χ4n) is 1.91. The number of hydrogen-bond acceptors (Lipinski definition) is 4. The summed E-state index contributed by atoms with van der Waals surface area (Å²) in [6, 6.07) is 8.86. The molecular formula is C13H15NO3. The van der Waals surface area contributed by atoms with Crippen LogP contribution in [0.3, 0.4) is 0 Å². The predicted molar refractivity (Wildman–Crippen MR) is 62.2 cm³/mol. The van der Waals surface area contributed by atoms with Gasteiger partial charge in [0.1, 0.15) is 6.29 Å². The van der Waals surface area contributed by atoms with E-state index in [1.165, 1.54) is 0 Å². The van der Waals surface area contributed by atoms with Gasteiger partial charge in [0.15, 0.2) is 0 Å². The van der Waals surface area contributed by atoms with E-state index in [-0.39, 0.29) is 11.9 Å². The zero-order valence-corrected chi connectivity index (χ0v) is 9.54. The van der Waals surface area contributed by atoms with Crippen LogP contribution in [0.5, 0.6) is 0 Å². The second-order valence-corrected chi connectivity index (χ2v) is 4.17. The van der Waals surface area contributed by atoms with Gasteiger partial charge in [0.05, 0.1) is 5.56 Å². The number of carbonyl (C=O) groups excluding carboxylic acids is 2. The van der Waals surface area contributed by atoms with Crippen molar-refractivity contribution in [1.82, 2.24) is 5.06 Å². The Hall–Kier alpha value is -1.68. The minimum absolute atomic E-state index is 0.0210. The van der Waals surface area contributed by atoms with E-state index >= 15 is 0 Å². The number of carbonyl (C=O) groups is 2. The van der Waals surface area contributed by atoms with Gasteiger partial charge in [-0.2, -0.15) is 0 Å². The van der Waals surface area contributed by atoms with Crippen molar-refractivity contribution >= 4 is 12.3 Å². The predicted octanol–water partition coefficient (Wildman–Crippen LogP) is 1.67. The molecule has 2 rings (SSSR count). The highest BCUT2D eigenvalue weighted by molar-refractivity contribution is 5.89. The van der Waals surface area contributed by atoms with Crippen LogP contribution in [-0.2, 0) is 9.63 Å². The molecule has 1 aromatic carbocycles. The number of rotatable bonds is 3. The molecule has 4 nitrogen and oxygen atoms in total. The maximum atomic E-state index is 11.8. The third-order valence-corrected chi connectivity index (χ3v) is 2.83. The zero-order chi connectivity index (χ0) is 12.1. The first-order chi connectivity index (χ1) is 8.29. The Morgan fingerprint density at radius 2 is 2.12 bits per heavy atom. The fraction of sp³-hybridized carbons (Fsp3) is 0.385. The van der Waals surface area contributed by atoms with Crippen LogP contribution in [0.25, 0.3) is 0 Å². The van der Waals surface area contributed by atoms with Crippen molar-refractivity contribution in [2.24, 2.45) is 5.92 Å². The summed E-state index contributed by atoms with van der Waals surface area (Å²) in [5, 5.41) is 1.58. The monoisotopic (exact) mass is 233 g/mol. The molecule has 0 bridgehead atoms. The Labute approximate surface area is 100 Å². The van der Waals surface area contributed by atoms with E-state index in [4.69, 9.17) is 4.84 Å².